The fourth-order valence-electron chi connectivity index (χ4n) is 2.50. The van der Waals surface area contributed by atoms with Crippen molar-refractivity contribution in [3.63, 3.8) is 0 Å². The van der Waals surface area contributed by atoms with Crippen molar-refractivity contribution in [2.45, 2.75) is 58.2 Å². The zero-order valence-electron chi connectivity index (χ0n) is 16.7. The number of carbonyl (C=O) groups excluding carboxylic acids is 3. The van der Waals surface area contributed by atoms with E-state index >= 15 is 0 Å². The molecule has 0 aromatic heterocycles. The number of nitrogens with two attached hydrogens (primary N) is 1. The van der Waals surface area contributed by atoms with Gasteiger partial charge in [-0.05, 0) is 31.7 Å². The third kappa shape index (κ3) is 7.78. The molecule has 1 rings (SSSR count). The Kier molecular flexibility index (Phi) is 8.43. The van der Waals surface area contributed by atoms with E-state index in [1.54, 1.807) is 13.8 Å². The number of methoxy groups -OCH3 is 1. The van der Waals surface area contributed by atoms with Gasteiger partial charge in [0.1, 0.15) is 12.1 Å². The summed E-state index contributed by atoms with van der Waals surface area (Å²) in [4.78, 5) is 37.2. The van der Waals surface area contributed by atoms with Crippen molar-refractivity contribution < 1.29 is 19.1 Å². The zero-order valence-corrected chi connectivity index (χ0v) is 16.7. The van der Waals surface area contributed by atoms with Gasteiger partial charge in [-0.3, -0.25) is 9.59 Å². The van der Waals surface area contributed by atoms with Gasteiger partial charge in [0.15, 0.2) is 0 Å². The van der Waals surface area contributed by atoms with Crippen molar-refractivity contribution in [3.05, 3.63) is 35.9 Å². The summed E-state index contributed by atoms with van der Waals surface area (Å²) in [5.74, 6) is -1.23. The van der Waals surface area contributed by atoms with Gasteiger partial charge in [-0.25, -0.2) is 4.79 Å². The average Bonchev–Trinajstić information content (AvgIpc) is 2.59. The molecular formula is C20H31N3O4. The fraction of sp³-hybridized carbons (Fsp3) is 0.550. The second-order valence-electron chi connectivity index (χ2n) is 7.65. The van der Waals surface area contributed by atoms with Crippen LogP contribution in [0.25, 0.3) is 0 Å². The molecule has 2 unspecified atom stereocenters. The molecule has 0 heterocycles. The number of amides is 2. The van der Waals surface area contributed by atoms with Crippen LogP contribution in [0.15, 0.2) is 30.3 Å². The van der Waals surface area contributed by atoms with Crippen LogP contribution >= 0.6 is 0 Å². The van der Waals surface area contributed by atoms with Gasteiger partial charge in [-0.1, -0.05) is 44.2 Å². The van der Waals surface area contributed by atoms with E-state index in [0.29, 0.717) is 6.42 Å². The predicted molar refractivity (Wildman–Crippen MR) is 104 cm³/mol. The molecule has 2 atom stereocenters. The third-order valence-electron chi connectivity index (χ3n) is 4.00. The molecule has 1 aromatic rings. The van der Waals surface area contributed by atoms with Crippen molar-refractivity contribution in [1.82, 2.24) is 10.6 Å². The number of esters is 1. The normalized spacial score (nSPS) is 13.6. The molecule has 150 valence electrons. The first-order chi connectivity index (χ1) is 12.5. The Bertz CT molecular complexity index is 638. The number of nitrogens with one attached hydrogen (secondary N) is 2. The van der Waals surface area contributed by atoms with E-state index in [4.69, 9.17) is 10.5 Å². The molecule has 0 radical (unpaired) electrons. The van der Waals surface area contributed by atoms with Crippen LogP contribution in [-0.4, -0.2) is 42.5 Å². The van der Waals surface area contributed by atoms with Crippen LogP contribution in [0.2, 0.25) is 0 Å². The Hall–Kier alpha value is -2.41. The number of carbonyl (C=O) groups is 3. The van der Waals surface area contributed by atoms with Crippen molar-refractivity contribution >= 4 is 17.8 Å². The van der Waals surface area contributed by atoms with Crippen molar-refractivity contribution in [1.29, 1.82) is 0 Å². The molecule has 0 spiro atoms. The standard InChI is InChI=1S/C20H31N3O4/c1-13(2)11-16(18(25)27-5)22-17(24)15(23-19(26)20(3,4)21)12-14-9-7-6-8-10-14/h6-10,13,15-16H,11-12,21H2,1-5H3,(H,22,24)(H,23,26). The fourth-order valence-corrected chi connectivity index (χ4v) is 2.50. The first-order valence-corrected chi connectivity index (χ1v) is 9.06. The number of ether oxygens (including phenoxy) is 1. The molecule has 0 saturated carbocycles. The molecule has 0 saturated heterocycles. The van der Waals surface area contributed by atoms with E-state index in [0.717, 1.165) is 5.56 Å². The van der Waals surface area contributed by atoms with E-state index < -0.39 is 35.4 Å². The molecule has 4 N–H and O–H groups in total. The lowest BCUT2D eigenvalue weighted by molar-refractivity contribution is -0.145. The molecule has 0 bridgehead atoms. The second kappa shape index (κ2) is 10.1. The zero-order chi connectivity index (χ0) is 20.6. The maximum atomic E-state index is 12.8. The molecule has 0 aliphatic heterocycles. The summed E-state index contributed by atoms with van der Waals surface area (Å²) in [6, 6.07) is 7.68. The maximum Gasteiger partial charge on any atom is 0.328 e. The summed E-state index contributed by atoms with van der Waals surface area (Å²) in [6.07, 6.45) is 0.719. The van der Waals surface area contributed by atoms with Gasteiger partial charge < -0.3 is 21.1 Å². The minimum absolute atomic E-state index is 0.180. The molecule has 2 amide bonds. The third-order valence-corrected chi connectivity index (χ3v) is 4.00. The summed E-state index contributed by atoms with van der Waals surface area (Å²) >= 11 is 0. The van der Waals surface area contributed by atoms with E-state index in [1.165, 1.54) is 7.11 Å². The molecule has 0 aliphatic carbocycles. The highest BCUT2D eigenvalue weighted by atomic mass is 16.5. The van der Waals surface area contributed by atoms with Gasteiger partial charge in [0.05, 0.1) is 12.6 Å². The van der Waals surface area contributed by atoms with Crippen LogP contribution in [-0.2, 0) is 25.5 Å². The molecule has 7 heteroatoms. The van der Waals surface area contributed by atoms with Crippen LogP contribution in [0.1, 0.15) is 39.7 Å². The van der Waals surface area contributed by atoms with Gasteiger partial charge in [0.25, 0.3) is 0 Å². The van der Waals surface area contributed by atoms with Gasteiger partial charge in [0.2, 0.25) is 11.8 Å². The summed E-state index contributed by atoms with van der Waals surface area (Å²) in [6.45, 7) is 7.02. The highest BCUT2D eigenvalue weighted by molar-refractivity contribution is 5.93. The molecule has 0 aliphatic rings. The van der Waals surface area contributed by atoms with Crippen LogP contribution in [0.4, 0.5) is 0 Å². The number of hydrogen-bond acceptors (Lipinski definition) is 5. The second-order valence-corrected chi connectivity index (χ2v) is 7.65. The first kappa shape index (κ1) is 22.6. The number of hydrogen-bond donors (Lipinski definition) is 3. The minimum atomic E-state index is -1.13. The lowest BCUT2D eigenvalue weighted by Crippen LogP contribution is -2.58. The van der Waals surface area contributed by atoms with E-state index in [1.807, 2.05) is 44.2 Å². The van der Waals surface area contributed by atoms with Gasteiger partial charge in [-0.15, -0.1) is 0 Å². The van der Waals surface area contributed by atoms with E-state index in [2.05, 4.69) is 10.6 Å². The van der Waals surface area contributed by atoms with Crippen LogP contribution in [0.3, 0.4) is 0 Å². The van der Waals surface area contributed by atoms with Crippen LogP contribution < -0.4 is 16.4 Å². The van der Waals surface area contributed by atoms with Gasteiger partial charge in [0, 0.05) is 6.42 Å². The van der Waals surface area contributed by atoms with Gasteiger partial charge in [-0.2, -0.15) is 0 Å². The summed E-state index contributed by atoms with van der Waals surface area (Å²) in [5, 5.41) is 5.40. The molecule has 0 fully saturated rings. The topological polar surface area (TPSA) is 111 Å². The van der Waals surface area contributed by atoms with Crippen LogP contribution in [0.5, 0.6) is 0 Å². The minimum Gasteiger partial charge on any atom is -0.467 e. The Morgan fingerprint density at radius 2 is 1.67 bits per heavy atom. The SMILES string of the molecule is COC(=O)C(CC(C)C)NC(=O)C(Cc1ccccc1)NC(=O)C(C)(C)N. The molecular weight excluding hydrogens is 346 g/mol. The number of benzene rings is 1. The monoisotopic (exact) mass is 377 g/mol. The Morgan fingerprint density at radius 1 is 1.07 bits per heavy atom. The van der Waals surface area contributed by atoms with E-state index in [9.17, 15) is 14.4 Å². The van der Waals surface area contributed by atoms with Crippen molar-refractivity contribution in [2.24, 2.45) is 11.7 Å². The van der Waals surface area contributed by atoms with Crippen molar-refractivity contribution in [3.8, 4) is 0 Å². The highest BCUT2D eigenvalue weighted by Crippen LogP contribution is 2.09. The molecule has 27 heavy (non-hydrogen) atoms. The smallest absolute Gasteiger partial charge is 0.328 e. The Morgan fingerprint density at radius 3 is 2.15 bits per heavy atom. The summed E-state index contributed by atoms with van der Waals surface area (Å²) < 4.78 is 4.79. The van der Waals surface area contributed by atoms with E-state index in [-0.39, 0.29) is 12.3 Å². The summed E-state index contributed by atoms with van der Waals surface area (Å²) in [7, 11) is 1.28. The summed E-state index contributed by atoms with van der Waals surface area (Å²) in [5.41, 5.74) is 5.59. The average molecular weight is 377 g/mol. The predicted octanol–water partition coefficient (Wildman–Crippen LogP) is 1.16. The highest BCUT2D eigenvalue weighted by Gasteiger charge is 2.31. The lowest BCUT2D eigenvalue weighted by Gasteiger charge is -2.26. The van der Waals surface area contributed by atoms with Crippen molar-refractivity contribution in [2.75, 3.05) is 7.11 Å². The number of rotatable bonds is 9. The quantitative estimate of drug-likeness (QED) is 0.559. The van der Waals surface area contributed by atoms with Crippen LogP contribution in [0, 0.1) is 5.92 Å². The lowest BCUT2D eigenvalue weighted by atomic mass is 10.00. The largest absolute Gasteiger partial charge is 0.467 e. The Labute approximate surface area is 161 Å². The molecule has 7 nitrogen and oxygen atoms in total. The Balaban J connectivity index is 2.99. The molecule has 1 aromatic carbocycles. The maximum absolute atomic E-state index is 12.8. The van der Waals surface area contributed by atoms with Gasteiger partial charge >= 0.3 is 5.97 Å². The first-order valence-electron chi connectivity index (χ1n) is 9.06.